The van der Waals surface area contributed by atoms with Crippen molar-refractivity contribution in [3.05, 3.63) is 0 Å². The molecule has 3 aliphatic carbocycles. The number of carboxylic acid groups (broad SMARTS) is 1. The molecule has 5 unspecified atom stereocenters. The third-order valence-corrected chi connectivity index (χ3v) is 7.82. The molecule has 1 N–H and O–H groups in total. The summed E-state index contributed by atoms with van der Waals surface area (Å²) in [6.07, 6.45) is 12.6. The maximum absolute atomic E-state index is 12.6. The van der Waals surface area contributed by atoms with Crippen LogP contribution in [0.3, 0.4) is 0 Å². The van der Waals surface area contributed by atoms with E-state index in [9.17, 15) is 14.7 Å². The number of hydrogen-bond acceptors (Lipinski definition) is 3. The molecule has 4 rings (SSSR count). The first-order chi connectivity index (χ1) is 12.7. The Hall–Kier alpha value is -1.26. The summed E-state index contributed by atoms with van der Waals surface area (Å²) in [7, 11) is 0. The highest BCUT2D eigenvalue weighted by Crippen LogP contribution is 2.57. The zero-order valence-corrected chi connectivity index (χ0v) is 15.8. The minimum atomic E-state index is -0.901. The number of rotatable bonds is 3. The number of amides is 1. The van der Waals surface area contributed by atoms with Crippen molar-refractivity contribution in [3.63, 3.8) is 0 Å². The Balaban J connectivity index is 1.41. The Labute approximate surface area is 156 Å². The number of nitrogens with zero attached hydrogens (tertiary/aromatic N) is 1. The van der Waals surface area contributed by atoms with Gasteiger partial charge in [-0.15, -0.1) is 0 Å². The lowest BCUT2D eigenvalue weighted by Gasteiger charge is -2.34. The van der Waals surface area contributed by atoms with Gasteiger partial charge in [0.1, 0.15) is 6.04 Å². The molecule has 0 bridgehead atoms. The fraction of sp³-hybridized carbons (Fsp3) is 0.905. The number of aliphatic carboxylic acids is 1. The van der Waals surface area contributed by atoms with E-state index in [2.05, 4.69) is 0 Å². The van der Waals surface area contributed by atoms with E-state index in [1.54, 1.807) is 0 Å². The van der Waals surface area contributed by atoms with Crippen LogP contribution in [0, 0.1) is 29.6 Å². The van der Waals surface area contributed by atoms with Gasteiger partial charge in [0.2, 0.25) is 0 Å². The monoisotopic (exact) mass is 363 g/mol. The summed E-state index contributed by atoms with van der Waals surface area (Å²) in [6.45, 7) is 1.02. The van der Waals surface area contributed by atoms with Gasteiger partial charge in [-0.1, -0.05) is 25.7 Å². The van der Waals surface area contributed by atoms with Crippen LogP contribution < -0.4 is 0 Å². The van der Waals surface area contributed by atoms with E-state index in [4.69, 9.17) is 4.74 Å². The predicted molar refractivity (Wildman–Crippen MR) is 97.7 cm³/mol. The number of carbonyl (C=O) groups is 2. The van der Waals surface area contributed by atoms with Crippen molar-refractivity contribution in [1.82, 2.24) is 4.90 Å². The summed E-state index contributed by atoms with van der Waals surface area (Å²) in [6, 6.07) is -0.704. The molecule has 0 aromatic heterocycles. The maximum atomic E-state index is 12.6. The van der Waals surface area contributed by atoms with Gasteiger partial charge >= 0.3 is 12.1 Å². The standard InChI is InChI=1S/C21H33NO4/c23-20(24)19-11-5-6-12-22(19)21(25)26-13-18-16-9-3-1-7-14(16)15-8-2-4-10-17(15)18/h14-19H,1-13H2,(H,23,24). The highest BCUT2D eigenvalue weighted by Gasteiger charge is 2.51. The van der Waals surface area contributed by atoms with Gasteiger partial charge in [-0.2, -0.15) is 0 Å². The molecule has 5 nitrogen and oxygen atoms in total. The molecule has 0 radical (unpaired) electrons. The quantitative estimate of drug-likeness (QED) is 0.811. The molecule has 4 aliphatic rings. The molecular weight excluding hydrogens is 330 g/mol. The molecule has 1 saturated heterocycles. The minimum absolute atomic E-state index is 0.399. The van der Waals surface area contributed by atoms with Crippen LogP contribution in [-0.4, -0.2) is 41.3 Å². The SMILES string of the molecule is O=C(O)C1CCCCN1C(=O)OCC1C2CCCCC2C2CCCCC21. The normalized spacial score (nSPS) is 39.8. The zero-order valence-electron chi connectivity index (χ0n) is 15.8. The van der Waals surface area contributed by atoms with Gasteiger partial charge in [0.25, 0.3) is 0 Å². The number of carbonyl (C=O) groups excluding carboxylic acids is 1. The summed E-state index contributed by atoms with van der Waals surface area (Å²) in [5, 5.41) is 9.40. The van der Waals surface area contributed by atoms with Gasteiger partial charge in [-0.25, -0.2) is 9.59 Å². The maximum Gasteiger partial charge on any atom is 0.410 e. The highest BCUT2D eigenvalue weighted by atomic mass is 16.6. The van der Waals surface area contributed by atoms with Crippen molar-refractivity contribution in [2.24, 2.45) is 29.6 Å². The summed E-state index contributed by atoms with van der Waals surface area (Å²) in [5.74, 6) is 2.74. The summed E-state index contributed by atoms with van der Waals surface area (Å²) < 4.78 is 5.77. The topological polar surface area (TPSA) is 66.8 Å². The molecule has 0 aromatic carbocycles. The van der Waals surface area contributed by atoms with Crippen molar-refractivity contribution < 1.29 is 19.4 Å². The number of carboxylic acids is 1. The van der Waals surface area contributed by atoms with Gasteiger partial charge in [-0.05, 0) is 74.5 Å². The number of likely N-dealkylation sites (tertiary alicyclic amines) is 1. The molecule has 0 spiro atoms. The van der Waals surface area contributed by atoms with Crippen LogP contribution in [0.15, 0.2) is 0 Å². The lowest BCUT2D eigenvalue weighted by atomic mass is 9.73. The van der Waals surface area contributed by atoms with E-state index >= 15 is 0 Å². The Bertz CT molecular complexity index is 514. The minimum Gasteiger partial charge on any atom is -0.480 e. The molecule has 1 heterocycles. The molecule has 4 fully saturated rings. The number of hydrogen-bond donors (Lipinski definition) is 1. The van der Waals surface area contributed by atoms with Crippen LogP contribution in [0.1, 0.15) is 70.6 Å². The molecule has 1 amide bonds. The van der Waals surface area contributed by atoms with E-state index in [-0.39, 0.29) is 0 Å². The van der Waals surface area contributed by atoms with Crippen LogP contribution in [-0.2, 0) is 9.53 Å². The van der Waals surface area contributed by atoms with E-state index in [1.165, 1.54) is 56.3 Å². The first-order valence-electron chi connectivity index (χ1n) is 10.8. The third-order valence-electron chi connectivity index (χ3n) is 7.82. The van der Waals surface area contributed by atoms with Crippen LogP contribution >= 0.6 is 0 Å². The average Bonchev–Trinajstić information content (AvgIpc) is 3.00. The van der Waals surface area contributed by atoms with E-state index in [0.717, 1.165) is 36.5 Å². The average molecular weight is 363 g/mol. The second-order valence-corrected chi connectivity index (χ2v) is 9.01. The van der Waals surface area contributed by atoms with Crippen molar-refractivity contribution in [3.8, 4) is 0 Å². The Morgan fingerprint density at radius 1 is 0.808 bits per heavy atom. The fourth-order valence-corrected chi connectivity index (χ4v) is 6.72. The Morgan fingerprint density at radius 3 is 1.92 bits per heavy atom. The van der Waals surface area contributed by atoms with Gasteiger partial charge in [0.05, 0.1) is 6.61 Å². The Kier molecular flexibility index (Phi) is 5.42. The second-order valence-electron chi connectivity index (χ2n) is 9.01. The molecule has 3 saturated carbocycles. The van der Waals surface area contributed by atoms with Crippen molar-refractivity contribution in [2.75, 3.05) is 13.2 Å². The summed E-state index contributed by atoms with van der Waals surface area (Å²) >= 11 is 0. The van der Waals surface area contributed by atoms with E-state index in [0.29, 0.717) is 25.5 Å². The second kappa shape index (κ2) is 7.77. The van der Waals surface area contributed by atoms with Gasteiger partial charge < -0.3 is 9.84 Å². The van der Waals surface area contributed by atoms with Crippen molar-refractivity contribution >= 4 is 12.1 Å². The number of fused-ring (bicyclic) bond motifs is 3. The molecule has 146 valence electrons. The van der Waals surface area contributed by atoms with Crippen molar-refractivity contribution in [1.29, 1.82) is 0 Å². The predicted octanol–water partition coefficient (Wildman–Crippen LogP) is 4.30. The lowest BCUT2D eigenvalue weighted by molar-refractivity contribution is -0.143. The largest absolute Gasteiger partial charge is 0.480 e. The molecule has 5 heteroatoms. The van der Waals surface area contributed by atoms with Gasteiger partial charge in [0.15, 0.2) is 0 Å². The zero-order chi connectivity index (χ0) is 18.1. The molecule has 1 aliphatic heterocycles. The number of ether oxygens (including phenoxy) is 1. The molecule has 0 aromatic rings. The molecule has 26 heavy (non-hydrogen) atoms. The van der Waals surface area contributed by atoms with Crippen LogP contribution in [0.25, 0.3) is 0 Å². The molecule has 5 atom stereocenters. The molecular formula is C21H33NO4. The first-order valence-corrected chi connectivity index (χ1v) is 10.8. The van der Waals surface area contributed by atoms with Crippen LogP contribution in [0.5, 0.6) is 0 Å². The van der Waals surface area contributed by atoms with Crippen LogP contribution in [0.4, 0.5) is 4.79 Å². The summed E-state index contributed by atoms with van der Waals surface area (Å²) in [5.41, 5.74) is 0. The third kappa shape index (κ3) is 3.34. The van der Waals surface area contributed by atoms with Gasteiger partial charge in [-0.3, -0.25) is 4.90 Å². The van der Waals surface area contributed by atoms with Crippen LogP contribution in [0.2, 0.25) is 0 Å². The number of piperidine rings is 1. The highest BCUT2D eigenvalue weighted by molar-refractivity contribution is 5.80. The van der Waals surface area contributed by atoms with Crippen molar-refractivity contribution in [2.45, 2.75) is 76.7 Å². The van der Waals surface area contributed by atoms with E-state index < -0.39 is 18.1 Å². The van der Waals surface area contributed by atoms with E-state index in [1.807, 2.05) is 0 Å². The first kappa shape index (κ1) is 18.1. The smallest absolute Gasteiger partial charge is 0.410 e. The summed E-state index contributed by atoms with van der Waals surface area (Å²) in [4.78, 5) is 25.5. The Morgan fingerprint density at radius 2 is 1.35 bits per heavy atom. The van der Waals surface area contributed by atoms with Gasteiger partial charge in [0, 0.05) is 6.54 Å². The fourth-order valence-electron chi connectivity index (χ4n) is 6.72. The lowest BCUT2D eigenvalue weighted by Crippen LogP contribution is -2.48.